The van der Waals surface area contributed by atoms with Gasteiger partial charge >= 0.3 is 0 Å². The summed E-state index contributed by atoms with van der Waals surface area (Å²) in [5.41, 5.74) is 6.71. The van der Waals surface area contributed by atoms with Crippen molar-refractivity contribution in [1.82, 2.24) is 0 Å². The molecule has 2 aromatic rings. The monoisotopic (exact) mass is 356 g/mol. The number of methoxy groups -OCH3 is 1. The zero-order chi connectivity index (χ0) is 16.8. The Labute approximate surface area is 138 Å². The molecule has 2 aromatic carbocycles. The minimum atomic E-state index is -3.65. The molecule has 1 aliphatic heterocycles. The van der Waals surface area contributed by atoms with E-state index in [-0.39, 0.29) is 34.3 Å². The van der Waals surface area contributed by atoms with Crippen LogP contribution in [-0.4, -0.2) is 15.5 Å². The maximum atomic E-state index is 13.7. The average Bonchev–Trinajstić information content (AvgIpc) is 2.78. The highest BCUT2D eigenvalue weighted by Crippen LogP contribution is 2.44. The molecule has 0 bridgehead atoms. The largest absolute Gasteiger partial charge is 0.497 e. The van der Waals surface area contributed by atoms with Gasteiger partial charge in [-0.1, -0.05) is 23.7 Å². The number of hydrogen-bond acceptors (Lipinski definition) is 4. The van der Waals surface area contributed by atoms with Crippen LogP contribution in [0.5, 0.6) is 5.75 Å². The molecule has 23 heavy (non-hydrogen) atoms. The van der Waals surface area contributed by atoms with Crippen molar-refractivity contribution in [2.24, 2.45) is 0 Å². The predicted molar refractivity (Wildman–Crippen MR) is 87.6 cm³/mol. The molecular formula is C15H14ClFN2O3S. The van der Waals surface area contributed by atoms with Gasteiger partial charge in [-0.05, 0) is 23.8 Å². The fourth-order valence-electron chi connectivity index (χ4n) is 2.56. The number of halogens is 2. The maximum absolute atomic E-state index is 13.7. The van der Waals surface area contributed by atoms with Crippen molar-refractivity contribution in [3.05, 3.63) is 52.3 Å². The summed E-state index contributed by atoms with van der Waals surface area (Å²) in [4.78, 5) is 0. The van der Waals surface area contributed by atoms with Crippen molar-refractivity contribution in [3.8, 4) is 5.75 Å². The molecule has 8 heteroatoms. The van der Waals surface area contributed by atoms with Crippen LogP contribution in [0.25, 0.3) is 0 Å². The topological polar surface area (TPSA) is 72.6 Å². The molecule has 2 N–H and O–H groups in total. The van der Waals surface area contributed by atoms with Crippen LogP contribution in [-0.2, 0) is 22.3 Å². The van der Waals surface area contributed by atoms with Gasteiger partial charge in [-0.2, -0.15) is 0 Å². The normalized spacial score (nSPS) is 15.5. The quantitative estimate of drug-likeness (QED) is 0.858. The van der Waals surface area contributed by atoms with Gasteiger partial charge in [0.25, 0.3) is 0 Å². The minimum absolute atomic E-state index is 0.0290. The van der Waals surface area contributed by atoms with E-state index in [4.69, 9.17) is 22.1 Å². The third-order valence-corrected chi connectivity index (χ3v) is 5.67. The first-order chi connectivity index (χ1) is 10.8. The zero-order valence-electron chi connectivity index (χ0n) is 12.2. The molecule has 1 heterocycles. The summed E-state index contributed by atoms with van der Waals surface area (Å²) in [5.74, 6) is -0.403. The number of ether oxygens (including phenoxy) is 1. The van der Waals surface area contributed by atoms with E-state index >= 15 is 0 Å². The number of anilines is 2. The number of hydrogen-bond donors (Lipinski definition) is 1. The van der Waals surface area contributed by atoms with Crippen LogP contribution in [0.1, 0.15) is 11.1 Å². The van der Waals surface area contributed by atoms with Crippen molar-refractivity contribution in [2.45, 2.75) is 12.3 Å². The first-order valence-corrected chi connectivity index (χ1v) is 8.72. The third-order valence-electron chi connectivity index (χ3n) is 3.75. The second kappa shape index (κ2) is 5.58. The van der Waals surface area contributed by atoms with Gasteiger partial charge in [-0.25, -0.2) is 12.8 Å². The lowest BCUT2D eigenvalue weighted by Gasteiger charge is -2.20. The van der Waals surface area contributed by atoms with Crippen LogP contribution in [0, 0.1) is 5.82 Å². The van der Waals surface area contributed by atoms with Crippen LogP contribution in [0.3, 0.4) is 0 Å². The van der Waals surface area contributed by atoms with E-state index in [1.165, 1.54) is 4.31 Å². The van der Waals surface area contributed by atoms with Crippen LogP contribution in [0.2, 0.25) is 5.02 Å². The van der Waals surface area contributed by atoms with E-state index in [9.17, 15) is 12.8 Å². The van der Waals surface area contributed by atoms with E-state index in [1.54, 1.807) is 31.4 Å². The molecule has 3 rings (SSSR count). The lowest BCUT2D eigenvalue weighted by molar-refractivity contribution is 0.414. The first-order valence-electron chi connectivity index (χ1n) is 6.73. The van der Waals surface area contributed by atoms with Crippen molar-refractivity contribution in [3.63, 3.8) is 0 Å². The van der Waals surface area contributed by atoms with Crippen LogP contribution in [0.15, 0.2) is 30.3 Å². The SMILES string of the molecule is COc1ccc(CN2c3c(Cl)cc(F)c(N)c3CS2(=O)=O)cc1. The molecule has 0 saturated carbocycles. The second-order valence-corrected chi connectivity index (χ2v) is 7.49. The summed E-state index contributed by atoms with van der Waals surface area (Å²) in [6.07, 6.45) is 0. The lowest BCUT2D eigenvalue weighted by atomic mass is 10.1. The fourth-order valence-corrected chi connectivity index (χ4v) is 4.57. The Kier molecular flexibility index (Phi) is 3.85. The summed E-state index contributed by atoms with van der Waals surface area (Å²) < 4.78 is 44.8. The van der Waals surface area contributed by atoms with Gasteiger partial charge in [0.15, 0.2) is 0 Å². The predicted octanol–water partition coefficient (Wildman–Crippen LogP) is 2.92. The van der Waals surface area contributed by atoms with Crippen molar-refractivity contribution >= 4 is 33.0 Å². The third kappa shape index (κ3) is 2.70. The highest BCUT2D eigenvalue weighted by Gasteiger charge is 2.37. The number of fused-ring (bicyclic) bond motifs is 1. The molecule has 0 aromatic heterocycles. The molecule has 1 aliphatic rings. The van der Waals surface area contributed by atoms with Gasteiger partial charge in [0.05, 0.1) is 35.8 Å². The molecule has 0 saturated heterocycles. The summed E-state index contributed by atoms with van der Waals surface area (Å²) in [6.45, 7) is 0.0874. The smallest absolute Gasteiger partial charge is 0.239 e. The molecule has 122 valence electrons. The first kappa shape index (κ1) is 15.9. The number of sulfonamides is 1. The Morgan fingerprint density at radius 1 is 1.35 bits per heavy atom. The van der Waals surface area contributed by atoms with Gasteiger partial charge in [-0.3, -0.25) is 4.31 Å². The van der Waals surface area contributed by atoms with Crippen molar-refractivity contribution in [1.29, 1.82) is 0 Å². The number of benzene rings is 2. The zero-order valence-corrected chi connectivity index (χ0v) is 13.8. The number of nitrogen functional groups attached to an aromatic ring is 1. The maximum Gasteiger partial charge on any atom is 0.239 e. The van der Waals surface area contributed by atoms with Crippen LogP contribution >= 0.6 is 11.6 Å². The molecule has 0 spiro atoms. The van der Waals surface area contributed by atoms with Gasteiger partial charge in [-0.15, -0.1) is 0 Å². The summed E-state index contributed by atoms with van der Waals surface area (Å²) in [6, 6.07) is 8.02. The van der Waals surface area contributed by atoms with Gasteiger partial charge in [0, 0.05) is 5.56 Å². The number of nitrogens with two attached hydrogens (primary N) is 1. The molecule has 0 amide bonds. The molecule has 0 fully saturated rings. The van der Waals surface area contributed by atoms with Crippen LogP contribution in [0.4, 0.5) is 15.8 Å². The highest BCUT2D eigenvalue weighted by molar-refractivity contribution is 7.92. The molecular weight excluding hydrogens is 343 g/mol. The summed E-state index contributed by atoms with van der Waals surface area (Å²) in [5, 5.41) is 0.0290. The van der Waals surface area contributed by atoms with E-state index in [2.05, 4.69) is 0 Å². The van der Waals surface area contributed by atoms with Crippen LogP contribution < -0.4 is 14.8 Å². The van der Waals surface area contributed by atoms with E-state index < -0.39 is 15.8 Å². The van der Waals surface area contributed by atoms with Crippen molar-refractivity contribution in [2.75, 3.05) is 17.1 Å². The van der Waals surface area contributed by atoms with Gasteiger partial charge in [0.2, 0.25) is 10.0 Å². The van der Waals surface area contributed by atoms with Gasteiger partial charge < -0.3 is 10.5 Å². The standard InChI is InChI=1S/C15H14ClFN2O3S/c1-22-10-4-2-9(3-5-10)7-19-15-11(8-23(19,20)21)14(18)13(17)6-12(15)16/h2-6H,7-8,18H2,1H3. The summed E-state index contributed by atoms with van der Waals surface area (Å²) in [7, 11) is -2.10. The van der Waals surface area contributed by atoms with Gasteiger partial charge in [0.1, 0.15) is 11.6 Å². The summed E-state index contributed by atoms with van der Waals surface area (Å²) >= 11 is 6.06. The number of nitrogens with zero attached hydrogens (tertiary/aromatic N) is 1. The van der Waals surface area contributed by atoms with Crippen molar-refractivity contribution < 1.29 is 17.5 Å². The Morgan fingerprint density at radius 3 is 2.61 bits per heavy atom. The highest BCUT2D eigenvalue weighted by atomic mass is 35.5. The minimum Gasteiger partial charge on any atom is -0.497 e. The number of rotatable bonds is 3. The fraction of sp³-hybridized carbons (Fsp3) is 0.200. The Bertz CT molecular complexity index is 869. The molecule has 0 unspecified atom stereocenters. The second-order valence-electron chi connectivity index (χ2n) is 5.19. The lowest BCUT2D eigenvalue weighted by Crippen LogP contribution is -2.26. The van der Waals surface area contributed by atoms with E-state index in [0.29, 0.717) is 5.75 Å². The Morgan fingerprint density at radius 2 is 2.00 bits per heavy atom. The Hall–Kier alpha value is -1.99. The molecule has 5 nitrogen and oxygen atoms in total. The van der Waals surface area contributed by atoms with E-state index in [0.717, 1.165) is 11.6 Å². The Balaban J connectivity index is 2.04. The van der Waals surface area contributed by atoms with E-state index in [1.807, 2.05) is 0 Å². The average molecular weight is 357 g/mol. The molecule has 0 atom stereocenters. The molecule has 0 aliphatic carbocycles. The molecule has 0 radical (unpaired) electrons.